The quantitative estimate of drug-likeness (QED) is 0.748. The second kappa shape index (κ2) is 4.81. The maximum Gasteiger partial charge on any atom is 0.123 e. The smallest absolute Gasteiger partial charge is 0.123 e. The van der Waals surface area contributed by atoms with Crippen LogP contribution in [0, 0.1) is 11.8 Å². The SMILES string of the molecule is COC(C)(C)C#Cc1cccc2c1CCCN2. The maximum absolute atomic E-state index is 5.31. The van der Waals surface area contributed by atoms with E-state index in [1.165, 1.54) is 17.7 Å². The molecule has 2 rings (SSSR count). The van der Waals surface area contributed by atoms with Crippen LogP contribution in [0.25, 0.3) is 0 Å². The first kappa shape index (κ1) is 12.0. The molecule has 0 atom stereocenters. The molecule has 0 saturated carbocycles. The molecular weight excluding hydrogens is 210 g/mol. The molecule has 0 radical (unpaired) electrons. The number of ether oxygens (including phenoxy) is 1. The van der Waals surface area contributed by atoms with Crippen LogP contribution in [0.15, 0.2) is 18.2 Å². The minimum atomic E-state index is -0.384. The number of hydrogen-bond donors (Lipinski definition) is 1. The van der Waals surface area contributed by atoms with Gasteiger partial charge in [0.1, 0.15) is 5.60 Å². The van der Waals surface area contributed by atoms with Gasteiger partial charge in [0.15, 0.2) is 0 Å². The van der Waals surface area contributed by atoms with Crippen molar-refractivity contribution < 1.29 is 4.74 Å². The van der Waals surface area contributed by atoms with E-state index in [1.54, 1.807) is 7.11 Å². The molecule has 1 aliphatic heterocycles. The highest BCUT2D eigenvalue weighted by molar-refractivity contribution is 5.60. The van der Waals surface area contributed by atoms with Crippen molar-refractivity contribution in [3.05, 3.63) is 29.3 Å². The Labute approximate surface area is 103 Å². The first-order valence-electron chi connectivity index (χ1n) is 6.06. The second-order valence-corrected chi connectivity index (χ2v) is 4.83. The van der Waals surface area contributed by atoms with Gasteiger partial charge in [0, 0.05) is 24.9 Å². The van der Waals surface area contributed by atoms with Gasteiger partial charge in [-0.3, -0.25) is 0 Å². The highest BCUT2D eigenvalue weighted by Gasteiger charge is 2.13. The average molecular weight is 229 g/mol. The van der Waals surface area contributed by atoms with Crippen molar-refractivity contribution in [3.8, 4) is 11.8 Å². The molecule has 0 fully saturated rings. The van der Waals surface area contributed by atoms with Gasteiger partial charge in [-0.1, -0.05) is 17.9 Å². The zero-order valence-corrected chi connectivity index (χ0v) is 10.8. The van der Waals surface area contributed by atoms with E-state index in [0.29, 0.717) is 0 Å². The lowest BCUT2D eigenvalue weighted by Crippen LogP contribution is -2.19. The number of nitrogens with one attached hydrogen (secondary N) is 1. The van der Waals surface area contributed by atoms with Crippen molar-refractivity contribution in [1.29, 1.82) is 0 Å². The molecule has 1 aliphatic rings. The third kappa shape index (κ3) is 2.81. The summed E-state index contributed by atoms with van der Waals surface area (Å²) in [4.78, 5) is 0. The van der Waals surface area contributed by atoms with Crippen LogP contribution in [0.4, 0.5) is 5.69 Å². The molecule has 17 heavy (non-hydrogen) atoms. The molecule has 0 bridgehead atoms. The number of anilines is 1. The van der Waals surface area contributed by atoms with Crippen molar-refractivity contribution in [2.45, 2.75) is 32.3 Å². The normalized spacial score (nSPS) is 14.3. The van der Waals surface area contributed by atoms with Crippen molar-refractivity contribution >= 4 is 5.69 Å². The van der Waals surface area contributed by atoms with Gasteiger partial charge in [0.25, 0.3) is 0 Å². The monoisotopic (exact) mass is 229 g/mol. The largest absolute Gasteiger partial charge is 0.385 e. The molecule has 1 N–H and O–H groups in total. The number of benzene rings is 1. The summed E-state index contributed by atoms with van der Waals surface area (Å²) in [6, 6.07) is 6.27. The summed E-state index contributed by atoms with van der Waals surface area (Å²) in [7, 11) is 1.69. The molecule has 90 valence electrons. The summed E-state index contributed by atoms with van der Waals surface area (Å²) in [6.07, 6.45) is 2.29. The van der Waals surface area contributed by atoms with Crippen molar-refractivity contribution in [3.63, 3.8) is 0 Å². The van der Waals surface area contributed by atoms with Gasteiger partial charge >= 0.3 is 0 Å². The van der Waals surface area contributed by atoms with Gasteiger partial charge in [-0.2, -0.15) is 0 Å². The number of fused-ring (bicyclic) bond motifs is 1. The van der Waals surface area contributed by atoms with Gasteiger partial charge in [0.2, 0.25) is 0 Å². The zero-order chi connectivity index (χ0) is 12.3. The zero-order valence-electron chi connectivity index (χ0n) is 10.8. The maximum atomic E-state index is 5.31. The van der Waals surface area contributed by atoms with E-state index in [4.69, 9.17) is 4.74 Å². The molecule has 0 saturated heterocycles. The molecule has 1 aromatic rings. The van der Waals surface area contributed by atoms with Crippen LogP contribution < -0.4 is 5.32 Å². The Kier molecular flexibility index (Phi) is 3.40. The van der Waals surface area contributed by atoms with Gasteiger partial charge < -0.3 is 10.1 Å². The van der Waals surface area contributed by atoms with E-state index in [-0.39, 0.29) is 5.60 Å². The number of rotatable bonds is 1. The molecule has 1 aromatic carbocycles. The lowest BCUT2D eigenvalue weighted by molar-refractivity contribution is 0.0742. The Balaban J connectivity index is 2.33. The molecule has 0 aromatic heterocycles. The predicted molar refractivity (Wildman–Crippen MR) is 71.2 cm³/mol. The third-order valence-electron chi connectivity index (χ3n) is 3.10. The van der Waals surface area contributed by atoms with Crippen molar-refractivity contribution in [1.82, 2.24) is 0 Å². The molecule has 2 nitrogen and oxygen atoms in total. The van der Waals surface area contributed by atoms with E-state index in [0.717, 1.165) is 18.5 Å². The fourth-order valence-corrected chi connectivity index (χ4v) is 1.90. The lowest BCUT2D eigenvalue weighted by atomic mass is 9.97. The van der Waals surface area contributed by atoms with Crippen LogP contribution >= 0.6 is 0 Å². The average Bonchev–Trinajstić information content (AvgIpc) is 2.36. The van der Waals surface area contributed by atoms with Crippen LogP contribution in [0.5, 0.6) is 0 Å². The van der Waals surface area contributed by atoms with Crippen molar-refractivity contribution in [2.24, 2.45) is 0 Å². The van der Waals surface area contributed by atoms with Crippen LogP contribution in [0.1, 0.15) is 31.4 Å². The van der Waals surface area contributed by atoms with E-state index in [1.807, 2.05) is 13.8 Å². The molecule has 0 spiro atoms. The highest BCUT2D eigenvalue weighted by Crippen LogP contribution is 2.24. The summed E-state index contributed by atoms with van der Waals surface area (Å²) >= 11 is 0. The van der Waals surface area contributed by atoms with Gasteiger partial charge in [0.05, 0.1) is 0 Å². The Hall–Kier alpha value is -1.46. The van der Waals surface area contributed by atoms with Gasteiger partial charge in [-0.15, -0.1) is 0 Å². The molecule has 2 heteroatoms. The first-order valence-corrected chi connectivity index (χ1v) is 6.06. The van der Waals surface area contributed by atoms with Crippen molar-refractivity contribution in [2.75, 3.05) is 19.0 Å². The summed E-state index contributed by atoms with van der Waals surface area (Å²) in [5, 5.41) is 3.42. The Morgan fingerprint density at radius 3 is 2.94 bits per heavy atom. The predicted octanol–water partition coefficient (Wildman–Crippen LogP) is 2.82. The molecule has 0 aliphatic carbocycles. The molecule has 0 amide bonds. The van der Waals surface area contributed by atoms with E-state index in [9.17, 15) is 0 Å². The molecule has 1 heterocycles. The Morgan fingerprint density at radius 2 is 2.18 bits per heavy atom. The van der Waals surface area contributed by atoms with Crippen LogP contribution in [-0.4, -0.2) is 19.3 Å². The Morgan fingerprint density at radius 1 is 1.35 bits per heavy atom. The Bertz CT molecular complexity index is 466. The third-order valence-corrected chi connectivity index (χ3v) is 3.10. The van der Waals surface area contributed by atoms with Gasteiger partial charge in [-0.25, -0.2) is 0 Å². The van der Waals surface area contributed by atoms with Crippen LogP contribution in [0.3, 0.4) is 0 Å². The minimum Gasteiger partial charge on any atom is -0.385 e. The summed E-state index contributed by atoms with van der Waals surface area (Å²) in [5.74, 6) is 6.42. The van der Waals surface area contributed by atoms with Crippen LogP contribution in [-0.2, 0) is 11.2 Å². The lowest BCUT2D eigenvalue weighted by Gasteiger charge is -2.19. The van der Waals surface area contributed by atoms with Crippen LogP contribution in [0.2, 0.25) is 0 Å². The first-order chi connectivity index (χ1) is 8.12. The summed E-state index contributed by atoms with van der Waals surface area (Å²) in [5.41, 5.74) is 3.32. The second-order valence-electron chi connectivity index (χ2n) is 4.83. The molecular formula is C15H19NO. The van der Waals surface area contributed by atoms with E-state index >= 15 is 0 Å². The summed E-state index contributed by atoms with van der Waals surface area (Å²) < 4.78 is 5.31. The number of hydrogen-bond acceptors (Lipinski definition) is 2. The minimum absolute atomic E-state index is 0.384. The fraction of sp³-hybridized carbons (Fsp3) is 0.467. The van der Waals surface area contributed by atoms with Gasteiger partial charge in [-0.05, 0) is 44.4 Å². The standard InChI is InChI=1S/C15H19NO/c1-15(2,17-3)10-9-12-6-4-8-14-13(12)7-5-11-16-14/h4,6,8,16H,5,7,11H2,1-3H3. The topological polar surface area (TPSA) is 21.3 Å². The molecule has 0 unspecified atom stereocenters. The fourth-order valence-electron chi connectivity index (χ4n) is 1.90. The van der Waals surface area contributed by atoms with E-state index < -0.39 is 0 Å². The summed E-state index contributed by atoms with van der Waals surface area (Å²) in [6.45, 7) is 5.02. The van der Waals surface area contributed by atoms with E-state index in [2.05, 4.69) is 35.4 Å². The highest BCUT2D eigenvalue weighted by atomic mass is 16.5. The number of methoxy groups -OCH3 is 1.